The molecule has 2 nitrogen and oxygen atoms in total. The van der Waals surface area contributed by atoms with Gasteiger partial charge in [-0.15, -0.1) is 11.3 Å². The van der Waals surface area contributed by atoms with E-state index in [1.54, 1.807) is 0 Å². The number of thiophene rings is 1. The Hall–Kier alpha value is 0.100. The van der Waals surface area contributed by atoms with Gasteiger partial charge < -0.3 is 10.4 Å². The molecule has 0 fully saturated rings. The average molecular weight is 320 g/mol. The van der Waals surface area contributed by atoms with Crippen molar-refractivity contribution < 1.29 is 5.11 Å². The Morgan fingerprint density at radius 1 is 1.47 bits per heavy atom. The zero-order chi connectivity index (χ0) is 12.9. The molecule has 1 aromatic heterocycles. The Balaban J connectivity index is 2.31. The van der Waals surface area contributed by atoms with E-state index in [0.717, 1.165) is 25.9 Å². The van der Waals surface area contributed by atoms with Gasteiger partial charge in [-0.25, -0.2) is 0 Å². The fourth-order valence-electron chi connectivity index (χ4n) is 1.78. The lowest BCUT2D eigenvalue weighted by atomic mass is 9.88. The van der Waals surface area contributed by atoms with Crippen LogP contribution in [-0.2, 0) is 6.54 Å². The molecule has 0 unspecified atom stereocenters. The highest BCUT2D eigenvalue weighted by Crippen LogP contribution is 2.26. The molecule has 0 bridgehead atoms. The Bertz CT molecular complexity index is 330. The molecular formula is C13H22BrNOS. The van der Waals surface area contributed by atoms with Crippen LogP contribution in [0.5, 0.6) is 0 Å². The van der Waals surface area contributed by atoms with Crippen LogP contribution in [0.2, 0.25) is 0 Å². The molecule has 0 amide bonds. The Morgan fingerprint density at radius 3 is 2.71 bits per heavy atom. The Kier molecular flexibility index (Phi) is 6.13. The quantitative estimate of drug-likeness (QED) is 0.803. The summed E-state index contributed by atoms with van der Waals surface area (Å²) in [5.41, 5.74) is 0.256. The van der Waals surface area contributed by atoms with Crippen LogP contribution in [-0.4, -0.2) is 18.3 Å². The molecule has 1 aromatic rings. The molecule has 0 aliphatic heterocycles. The van der Waals surface area contributed by atoms with Crippen molar-refractivity contribution in [2.45, 2.75) is 40.2 Å². The van der Waals surface area contributed by atoms with Gasteiger partial charge in [-0.05, 0) is 47.2 Å². The van der Waals surface area contributed by atoms with E-state index in [-0.39, 0.29) is 5.41 Å². The van der Waals surface area contributed by atoms with Gasteiger partial charge >= 0.3 is 0 Å². The van der Waals surface area contributed by atoms with Crippen LogP contribution in [0.1, 0.15) is 36.4 Å². The highest BCUT2D eigenvalue weighted by molar-refractivity contribution is 9.10. The van der Waals surface area contributed by atoms with Crippen molar-refractivity contribution in [1.29, 1.82) is 0 Å². The number of aliphatic hydroxyl groups excluding tert-OH is 1. The van der Waals surface area contributed by atoms with Crippen molar-refractivity contribution in [2.75, 3.05) is 13.2 Å². The minimum absolute atomic E-state index is 0.256. The number of rotatable bonds is 7. The van der Waals surface area contributed by atoms with E-state index in [0.29, 0.717) is 6.61 Å². The van der Waals surface area contributed by atoms with Crippen molar-refractivity contribution in [3.63, 3.8) is 0 Å². The first-order valence-corrected chi connectivity index (χ1v) is 7.62. The maximum absolute atomic E-state index is 8.84. The van der Waals surface area contributed by atoms with Crippen LogP contribution in [0.4, 0.5) is 0 Å². The zero-order valence-corrected chi connectivity index (χ0v) is 13.2. The van der Waals surface area contributed by atoms with Gasteiger partial charge in [0.1, 0.15) is 0 Å². The van der Waals surface area contributed by atoms with E-state index in [1.807, 2.05) is 11.3 Å². The highest BCUT2D eigenvalue weighted by Gasteiger charge is 2.16. The van der Waals surface area contributed by atoms with E-state index >= 15 is 0 Å². The first-order valence-electron chi connectivity index (χ1n) is 6.01. The maximum atomic E-state index is 8.84. The van der Waals surface area contributed by atoms with E-state index in [4.69, 9.17) is 5.11 Å². The summed E-state index contributed by atoms with van der Waals surface area (Å²) in [6, 6.07) is 2.19. The van der Waals surface area contributed by atoms with Crippen LogP contribution in [0, 0.1) is 12.3 Å². The predicted octanol–water partition coefficient (Wildman–Crippen LogP) is 3.71. The van der Waals surface area contributed by atoms with Crippen molar-refractivity contribution in [2.24, 2.45) is 5.41 Å². The largest absolute Gasteiger partial charge is 0.396 e. The topological polar surface area (TPSA) is 32.3 Å². The lowest BCUT2D eigenvalue weighted by Gasteiger charge is -2.24. The minimum atomic E-state index is 0.256. The predicted molar refractivity (Wildman–Crippen MR) is 78.6 cm³/mol. The second-order valence-electron chi connectivity index (χ2n) is 5.21. The van der Waals surface area contributed by atoms with Crippen LogP contribution in [0.15, 0.2) is 10.5 Å². The molecule has 0 saturated heterocycles. The van der Waals surface area contributed by atoms with Gasteiger partial charge in [0.25, 0.3) is 0 Å². The molecule has 0 atom stereocenters. The summed E-state index contributed by atoms with van der Waals surface area (Å²) in [5, 5.41) is 12.3. The molecule has 17 heavy (non-hydrogen) atoms. The molecule has 98 valence electrons. The van der Waals surface area contributed by atoms with Crippen LogP contribution in [0.25, 0.3) is 0 Å². The van der Waals surface area contributed by atoms with E-state index in [1.165, 1.54) is 14.2 Å². The maximum Gasteiger partial charge on any atom is 0.0431 e. The van der Waals surface area contributed by atoms with Crippen molar-refractivity contribution >= 4 is 27.3 Å². The van der Waals surface area contributed by atoms with E-state index in [9.17, 15) is 0 Å². The van der Waals surface area contributed by atoms with Gasteiger partial charge in [0.2, 0.25) is 0 Å². The summed E-state index contributed by atoms with van der Waals surface area (Å²) in [7, 11) is 0. The van der Waals surface area contributed by atoms with Crippen LogP contribution < -0.4 is 5.32 Å². The standard InChI is InChI=1S/C13H22BrNOS/c1-10-12(14)7-11(17-10)8-15-9-13(2,3)5-4-6-16/h7,15-16H,4-6,8-9H2,1-3H3. The van der Waals surface area contributed by atoms with Crippen LogP contribution >= 0.6 is 27.3 Å². The smallest absolute Gasteiger partial charge is 0.0431 e. The lowest BCUT2D eigenvalue weighted by Crippen LogP contribution is -2.29. The molecule has 0 aliphatic rings. The van der Waals surface area contributed by atoms with Crippen LogP contribution in [0.3, 0.4) is 0 Å². The number of aryl methyl sites for hydroxylation is 1. The molecule has 1 rings (SSSR count). The third-order valence-corrected chi connectivity index (χ3v) is 4.96. The first-order chi connectivity index (χ1) is 7.94. The Morgan fingerprint density at radius 2 is 2.18 bits per heavy atom. The van der Waals surface area contributed by atoms with Crippen molar-refractivity contribution in [3.05, 3.63) is 20.3 Å². The molecule has 4 heteroatoms. The average Bonchev–Trinajstić information content (AvgIpc) is 2.55. The number of hydrogen-bond donors (Lipinski definition) is 2. The molecule has 2 N–H and O–H groups in total. The summed E-state index contributed by atoms with van der Waals surface area (Å²) >= 11 is 5.37. The van der Waals surface area contributed by atoms with Crippen molar-refractivity contribution in [1.82, 2.24) is 5.32 Å². The third kappa shape index (κ3) is 5.51. The Labute approximate surface area is 117 Å². The molecule has 1 heterocycles. The molecule has 0 radical (unpaired) electrons. The molecule has 0 saturated carbocycles. The normalized spacial score (nSPS) is 12.1. The van der Waals surface area contributed by atoms with E-state index in [2.05, 4.69) is 48.1 Å². The molecule has 0 aromatic carbocycles. The van der Waals surface area contributed by atoms with Gasteiger partial charge in [-0.1, -0.05) is 13.8 Å². The van der Waals surface area contributed by atoms with E-state index < -0.39 is 0 Å². The fourth-order valence-corrected chi connectivity index (χ4v) is 3.35. The third-order valence-electron chi connectivity index (χ3n) is 2.82. The fraction of sp³-hybridized carbons (Fsp3) is 0.692. The second-order valence-corrected chi connectivity index (χ2v) is 7.41. The number of aliphatic hydroxyl groups is 1. The number of nitrogens with one attached hydrogen (secondary N) is 1. The molecule has 0 spiro atoms. The highest BCUT2D eigenvalue weighted by atomic mass is 79.9. The minimum Gasteiger partial charge on any atom is -0.396 e. The number of halogens is 1. The lowest BCUT2D eigenvalue weighted by molar-refractivity contribution is 0.236. The van der Waals surface area contributed by atoms with Gasteiger partial charge in [0.15, 0.2) is 0 Å². The zero-order valence-electron chi connectivity index (χ0n) is 10.8. The van der Waals surface area contributed by atoms with Gasteiger partial charge in [-0.3, -0.25) is 0 Å². The van der Waals surface area contributed by atoms with Crippen molar-refractivity contribution in [3.8, 4) is 0 Å². The van der Waals surface area contributed by atoms with Gasteiger partial charge in [-0.2, -0.15) is 0 Å². The molecular weight excluding hydrogens is 298 g/mol. The summed E-state index contributed by atoms with van der Waals surface area (Å²) in [6.07, 6.45) is 1.95. The molecule has 0 aliphatic carbocycles. The van der Waals surface area contributed by atoms with Gasteiger partial charge in [0, 0.05) is 33.9 Å². The first kappa shape index (κ1) is 15.2. The number of hydrogen-bond acceptors (Lipinski definition) is 3. The summed E-state index contributed by atoms with van der Waals surface area (Å²) in [5.74, 6) is 0. The summed E-state index contributed by atoms with van der Waals surface area (Å²) < 4.78 is 1.21. The summed E-state index contributed by atoms with van der Waals surface area (Å²) in [6.45, 7) is 8.82. The SMILES string of the molecule is Cc1sc(CNCC(C)(C)CCCO)cc1Br. The summed E-state index contributed by atoms with van der Waals surface area (Å²) in [4.78, 5) is 2.70. The van der Waals surface area contributed by atoms with Gasteiger partial charge in [0.05, 0.1) is 0 Å². The second kappa shape index (κ2) is 6.88. The monoisotopic (exact) mass is 319 g/mol.